The summed E-state index contributed by atoms with van der Waals surface area (Å²) in [6.45, 7) is 1.54. The number of carbonyl (C=O) groups is 1. The van der Waals surface area contributed by atoms with Crippen molar-refractivity contribution in [3.05, 3.63) is 47.5 Å². The van der Waals surface area contributed by atoms with Gasteiger partial charge in [-0.3, -0.25) is 4.90 Å². The smallest absolute Gasteiger partial charge is 0.411 e. The maximum Gasteiger partial charge on any atom is 0.411 e. The van der Waals surface area contributed by atoms with Crippen LogP contribution in [0.25, 0.3) is 0 Å². The molecular weight excluding hydrogens is 302 g/mol. The number of carbonyl (C=O) groups excluding carboxylic acids is 1. The summed E-state index contributed by atoms with van der Waals surface area (Å²) in [5.41, 5.74) is 2.54. The Balaban J connectivity index is 1.40. The molecule has 2 fully saturated rings. The third-order valence-electron chi connectivity index (χ3n) is 5.47. The fourth-order valence-corrected chi connectivity index (χ4v) is 3.98. The maximum absolute atomic E-state index is 12.6. The first-order valence-electron chi connectivity index (χ1n) is 9.06. The van der Waals surface area contributed by atoms with Crippen LogP contribution >= 0.6 is 0 Å². The van der Waals surface area contributed by atoms with Crippen LogP contribution in [-0.2, 0) is 16.1 Å². The Kier molecular flexibility index (Phi) is 4.56. The first-order valence-corrected chi connectivity index (χ1v) is 9.06. The van der Waals surface area contributed by atoms with E-state index in [1.165, 1.54) is 31.3 Å². The minimum Gasteiger partial charge on any atom is -0.445 e. The highest BCUT2D eigenvalue weighted by atomic mass is 16.6. The molecule has 4 heteroatoms. The van der Waals surface area contributed by atoms with Gasteiger partial charge in [-0.25, -0.2) is 4.79 Å². The lowest BCUT2D eigenvalue weighted by Gasteiger charge is -2.44. The Morgan fingerprint density at radius 3 is 2.75 bits per heavy atom. The topological polar surface area (TPSA) is 38.8 Å². The van der Waals surface area contributed by atoms with Crippen LogP contribution in [0.4, 0.5) is 4.79 Å². The molecule has 2 atom stereocenters. The van der Waals surface area contributed by atoms with Gasteiger partial charge in [0.25, 0.3) is 0 Å². The SMILES string of the molecule is O=C(OCc1ccccc1)N1C2C=C(CC3CCC3)CC1COC2. The molecule has 2 aliphatic heterocycles. The van der Waals surface area contributed by atoms with Crippen molar-refractivity contribution in [3.8, 4) is 0 Å². The summed E-state index contributed by atoms with van der Waals surface area (Å²) in [7, 11) is 0. The van der Waals surface area contributed by atoms with E-state index in [4.69, 9.17) is 9.47 Å². The summed E-state index contributed by atoms with van der Waals surface area (Å²) in [4.78, 5) is 14.5. The van der Waals surface area contributed by atoms with E-state index in [-0.39, 0.29) is 18.2 Å². The normalized spacial score (nSPS) is 26.5. The molecule has 4 rings (SSSR count). The zero-order chi connectivity index (χ0) is 16.4. The van der Waals surface area contributed by atoms with Crippen molar-refractivity contribution in [2.45, 2.75) is 50.8 Å². The Labute approximate surface area is 143 Å². The number of hydrogen-bond donors (Lipinski definition) is 0. The number of rotatable bonds is 4. The first-order chi connectivity index (χ1) is 11.8. The molecule has 0 radical (unpaired) electrons. The van der Waals surface area contributed by atoms with Crippen molar-refractivity contribution in [1.29, 1.82) is 0 Å². The average Bonchev–Trinajstić information content (AvgIpc) is 2.56. The van der Waals surface area contributed by atoms with Crippen LogP contribution in [0.1, 0.15) is 37.7 Å². The predicted molar refractivity (Wildman–Crippen MR) is 91.5 cm³/mol. The molecule has 0 aromatic heterocycles. The molecule has 24 heavy (non-hydrogen) atoms. The number of ether oxygens (including phenoxy) is 2. The summed E-state index contributed by atoms with van der Waals surface area (Å²) >= 11 is 0. The quantitative estimate of drug-likeness (QED) is 0.787. The third-order valence-corrected chi connectivity index (χ3v) is 5.47. The Morgan fingerprint density at radius 1 is 1.21 bits per heavy atom. The standard InChI is InChI=1S/C20H25NO3/c22-20(24-12-16-5-2-1-3-6-16)21-18-10-17(9-15-7-4-8-15)11-19(21)14-23-13-18/h1-3,5-6,10,15,18-19H,4,7-9,11-14H2. The molecule has 2 bridgehead atoms. The monoisotopic (exact) mass is 327 g/mol. The van der Waals surface area contributed by atoms with Gasteiger partial charge in [-0.2, -0.15) is 0 Å². The van der Waals surface area contributed by atoms with Gasteiger partial charge >= 0.3 is 6.09 Å². The van der Waals surface area contributed by atoms with Gasteiger partial charge < -0.3 is 9.47 Å². The van der Waals surface area contributed by atoms with Gasteiger partial charge in [0.05, 0.1) is 25.3 Å². The fourth-order valence-electron chi connectivity index (χ4n) is 3.98. The van der Waals surface area contributed by atoms with E-state index in [1.807, 2.05) is 35.2 Å². The second kappa shape index (κ2) is 6.98. The lowest BCUT2D eigenvalue weighted by molar-refractivity contribution is -0.0379. The number of amides is 1. The first kappa shape index (κ1) is 15.7. The number of benzene rings is 1. The fraction of sp³-hybridized carbons (Fsp3) is 0.550. The van der Waals surface area contributed by atoms with Crippen LogP contribution in [0, 0.1) is 5.92 Å². The Morgan fingerprint density at radius 2 is 2.04 bits per heavy atom. The van der Waals surface area contributed by atoms with Gasteiger partial charge in [0, 0.05) is 0 Å². The van der Waals surface area contributed by atoms with Gasteiger partial charge in [-0.1, -0.05) is 61.2 Å². The highest BCUT2D eigenvalue weighted by Gasteiger charge is 2.39. The van der Waals surface area contributed by atoms with Crippen molar-refractivity contribution >= 4 is 6.09 Å². The molecule has 2 heterocycles. The summed E-state index contributed by atoms with van der Waals surface area (Å²) in [5.74, 6) is 0.870. The van der Waals surface area contributed by atoms with Crippen molar-refractivity contribution in [2.24, 2.45) is 5.92 Å². The highest BCUT2D eigenvalue weighted by Crippen LogP contribution is 2.37. The van der Waals surface area contributed by atoms with Crippen LogP contribution in [-0.4, -0.2) is 36.3 Å². The van der Waals surface area contributed by atoms with Gasteiger partial charge in [0.15, 0.2) is 0 Å². The molecule has 3 aliphatic rings. The van der Waals surface area contributed by atoms with Crippen LogP contribution in [0.2, 0.25) is 0 Å². The zero-order valence-electron chi connectivity index (χ0n) is 14.0. The van der Waals surface area contributed by atoms with Gasteiger partial charge in [0.1, 0.15) is 6.61 Å². The van der Waals surface area contributed by atoms with Crippen molar-refractivity contribution in [3.63, 3.8) is 0 Å². The van der Waals surface area contributed by atoms with E-state index in [2.05, 4.69) is 6.08 Å². The number of hydrogen-bond acceptors (Lipinski definition) is 3. The summed E-state index contributed by atoms with van der Waals surface area (Å²) in [6, 6.07) is 10.0. The lowest BCUT2D eigenvalue weighted by Crippen LogP contribution is -2.56. The van der Waals surface area contributed by atoms with E-state index in [9.17, 15) is 4.79 Å². The van der Waals surface area contributed by atoms with E-state index in [0.29, 0.717) is 19.8 Å². The van der Waals surface area contributed by atoms with Crippen LogP contribution in [0.3, 0.4) is 0 Å². The van der Waals surface area contributed by atoms with Crippen LogP contribution in [0.5, 0.6) is 0 Å². The molecule has 1 saturated carbocycles. The molecule has 1 aliphatic carbocycles. The van der Waals surface area contributed by atoms with Crippen LogP contribution < -0.4 is 0 Å². The molecular formula is C20H25NO3. The van der Waals surface area contributed by atoms with Gasteiger partial charge in [0.2, 0.25) is 0 Å². The molecule has 1 aromatic rings. The predicted octanol–water partition coefficient (Wildman–Crippen LogP) is 3.91. The zero-order valence-corrected chi connectivity index (χ0v) is 14.0. The minimum absolute atomic E-state index is 0.0378. The second-order valence-electron chi connectivity index (χ2n) is 7.24. The summed E-state index contributed by atoms with van der Waals surface area (Å²) < 4.78 is 11.2. The summed E-state index contributed by atoms with van der Waals surface area (Å²) in [5, 5.41) is 0. The molecule has 2 unspecified atom stereocenters. The largest absolute Gasteiger partial charge is 0.445 e. The minimum atomic E-state index is -0.212. The molecule has 1 saturated heterocycles. The van der Waals surface area contributed by atoms with E-state index >= 15 is 0 Å². The molecule has 0 spiro atoms. The maximum atomic E-state index is 12.6. The average molecular weight is 327 g/mol. The Hall–Kier alpha value is -1.81. The second-order valence-corrected chi connectivity index (χ2v) is 7.24. The van der Waals surface area contributed by atoms with E-state index in [1.54, 1.807) is 0 Å². The molecule has 0 N–H and O–H groups in total. The van der Waals surface area contributed by atoms with Crippen molar-refractivity contribution in [2.75, 3.05) is 13.2 Å². The van der Waals surface area contributed by atoms with E-state index in [0.717, 1.165) is 17.9 Å². The number of morpholine rings is 1. The molecule has 4 nitrogen and oxygen atoms in total. The number of fused-ring (bicyclic) bond motifs is 2. The molecule has 128 valence electrons. The van der Waals surface area contributed by atoms with E-state index < -0.39 is 0 Å². The van der Waals surface area contributed by atoms with Crippen molar-refractivity contribution < 1.29 is 14.3 Å². The third kappa shape index (κ3) is 3.34. The number of nitrogens with zero attached hydrogens (tertiary/aromatic N) is 1. The van der Waals surface area contributed by atoms with Crippen molar-refractivity contribution in [1.82, 2.24) is 4.90 Å². The van der Waals surface area contributed by atoms with Gasteiger partial charge in [-0.15, -0.1) is 0 Å². The van der Waals surface area contributed by atoms with Crippen LogP contribution in [0.15, 0.2) is 42.0 Å². The summed E-state index contributed by atoms with van der Waals surface area (Å²) in [6.07, 6.45) is 8.31. The molecule has 1 aromatic carbocycles. The van der Waals surface area contributed by atoms with Gasteiger partial charge in [-0.05, 0) is 24.3 Å². The Bertz CT molecular complexity index is 609. The molecule has 1 amide bonds. The highest BCUT2D eigenvalue weighted by molar-refractivity contribution is 5.69. The lowest BCUT2D eigenvalue weighted by atomic mass is 9.78.